The molecule has 22 heavy (non-hydrogen) atoms. The van der Waals surface area contributed by atoms with Crippen molar-refractivity contribution in [3.05, 3.63) is 23.8 Å². The van der Waals surface area contributed by atoms with Crippen LogP contribution in [0.4, 0.5) is 5.69 Å². The standard InChI is InChI=1S/C15H19N3O3.ClH/c1-9-14(19)17-12-6-2-5-11(13(12)21-9)15(20)18-7-3-4-10(16)8-18;/h2,5-6,9-10H,3-4,7-8,16H2,1H3,(H,17,19);1H. The van der Waals surface area contributed by atoms with E-state index < -0.39 is 6.10 Å². The Morgan fingerprint density at radius 3 is 2.95 bits per heavy atom. The monoisotopic (exact) mass is 325 g/mol. The molecule has 7 heteroatoms. The molecule has 2 aliphatic rings. The van der Waals surface area contributed by atoms with E-state index in [0.717, 1.165) is 12.8 Å². The number of hydrogen-bond donors (Lipinski definition) is 2. The number of ether oxygens (including phenoxy) is 1. The summed E-state index contributed by atoms with van der Waals surface area (Å²) in [5.41, 5.74) is 6.96. The lowest BCUT2D eigenvalue weighted by molar-refractivity contribution is -0.122. The van der Waals surface area contributed by atoms with Gasteiger partial charge in [-0.15, -0.1) is 12.4 Å². The minimum Gasteiger partial charge on any atom is -0.478 e. The Bertz CT molecular complexity index is 593. The molecule has 0 spiro atoms. The Morgan fingerprint density at radius 1 is 1.45 bits per heavy atom. The molecule has 2 amide bonds. The fourth-order valence-electron chi connectivity index (χ4n) is 2.76. The molecule has 1 aromatic rings. The van der Waals surface area contributed by atoms with Crippen molar-refractivity contribution in [1.29, 1.82) is 0 Å². The Kier molecular flexibility index (Phi) is 4.93. The number of carbonyl (C=O) groups excluding carboxylic acids is 2. The molecule has 6 nitrogen and oxygen atoms in total. The molecule has 2 unspecified atom stereocenters. The van der Waals surface area contributed by atoms with Crippen LogP contribution in [0, 0.1) is 0 Å². The zero-order valence-electron chi connectivity index (χ0n) is 12.4. The molecular weight excluding hydrogens is 306 g/mol. The van der Waals surface area contributed by atoms with Crippen molar-refractivity contribution < 1.29 is 14.3 Å². The number of likely N-dealkylation sites (tertiary alicyclic amines) is 1. The van der Waals surface area contributed by atoms with E-state index in [1.807, 2.05) is 0 Å². The smallest absolute Gasteiger partial charge is 0.265 e. The van der Waals surface area contributed by atoms with Gasteiger partial charge >= 0.3 is 0 Å². The number of amides is 2. The van der Waals surface area contributed by atoms with Gasteiger partial charge in [0, 0.05) is 19.1 Å². The molecular formula is C15H20ClN3O3. The van der Waals surface area contributed by atoms with Gasteiger partial charge in [0.1, 0.15) is 0 Å². The average Bonchev–Trinajstić information content (AvgIpc) is 2.47. The molecule has 0 saturated carbocycles. The van der Waals surface area contributed by atoms with E-state index in [4.69, 9.17) is 10.5 Å². The molecule has 0 bridgehead atoms. The molecule has 1 fully saturated rings. The second-order valence-electron chi connectivity index (χ2n) is 5.59. The van der Waals surface area contributed by atoms with Gasteiger partial charge in [-0.2, -0.15) is 0 Å². The molecule has 3 rings (SSSR count). The predicted molar refractivity (Wildman–Crippen MR) is 85.5 cm³/mol. The SMILES string of the molecule is CC1Oc2c(cccc2C(=O)N2CCCC(N)C2)NC1=O.Cl. The van der Waals surface area contributed by atoms with Gasteiger partial charge in [0.15, 0.2) is 11.9 Å². The Balaban J connectivity index is 0.00000176. The number of anilines is 1. The third-order valence-corrected chi connectivity index (χ3v) is 3.91. The van der Waals surface area contributed by atoms with Crippen molar-refractivity contribution in [2.75, 3.05) is 18.4 Å². The zero-order chi connectivity index (χ0) is 15.0. The molecule has 2 aliphatic heterocycles. The summed E-state index contributed by atoms with van der Waals surface area (Å²) in [6.07, 6.45) is 1.26. The Morgan fingerprint density at radius 2 is 2.23 bits per heavy atom. The highest BCUT2D eigenvalue weighted by molar-refractivity contribution is 6.04. The second-order valence-corrected chi connectivity index (χ2v) is 5.59. The lowest BCUT2D eigenvalue weighted by atomic mass is 10.0. The first-order valence-corrected chi connectivity index (χ1v) is 7.21. The number of nitrogens with zero attached hydrogens (tertiary/aromatic N) is 1. The van der Waals surface area contributed by atoms with Gasteiger partial charge in [-0.3, -0.25) is 9.59 Å². The summed E-state index contributed by atoms with van der Waals surface area (Å²) in [6, 6.07) is 5.24. The van der Waals surface area contributed by atoms with E-state index in [0.29, 0.717) is 30.1 Å². The molecule has 1 aromatic carbocycles. The van der Waals surface area contributed by atoms with Crippen molar-refractivity contribution >= 4 is 29.9 Å². The van der Waals surface area contributed by atoms with E-state index in [9.17, 15) is 9.59 Å². The third kappa shape index (κ3) is 3.03. The van der Waals surface area contributed by atoms with Crippen molar-refractivity contribution in [2.45, 2.75) is 31.9 Å². The number of carbonyl (C=O) groups is 2. The highest BCUT2D eigenvalue weighted by atomic mass is 35.5. The normalized spacial score (nSPS) is 23.7. The minimum absolute atomic E-state index is 0. The van der Waals surface area contributed by atoms with E-state index in [2.05, 4.69) is 5.32 Å². The Hall–Kier alpha value is -1.79. The van der Waals surface area contributed by atoms with Gasteiger partial charge in [0.05, 0.1) is 11.3 Å². The summed E-state index contributed by atoms with van der Waals surface area (Å²) in [7, 11) is 0. The lowest BCUT2D eigenvalue weighted by Gasteiger charge is -2.32. The minimum atomic E-state index is -0.602. The van der Waals surface area contributed by atoms with Crippen LogP contribution >= 0.6 is 12.4 Å². The van der Waals surface area contributed by atoms with Gasteiger partial charge in [0.2, 0.25) is 0 Å². The molecule has 3 N–H and O–H groups in total. The summed E-state index contributed by atoms with van der Waals surface area (Å²) >= 11 is 0. The summed E-state index contributed by atoms with van der Waals surface area (Å²) in [6.45, 7) is 2.93. The highest BCUT2D eigenvalue weighted by Crippen LogP contribution is 2.34. The molecule has 2 heterocycles. The highest BCUT2D eigenvalue weighted by Gasteiger charge is 2.30. The van der Waals surface area contributed by atoms with E-state index in [1.54, 1.807) is 30.0 Å². The average molecular weight is 326 g/mol. The number of nitrogens with two attached hydrogens (primary N) is 1. The molecule has 0 aliphatic carbocycles. The summed E-state index contributed by atoms with van der Waals surface area (Å²) in [4.78, 5) is 26.1. The van der Waals surface area contributed by atoms with Crippen LogP contribution in [0.1, 0.15) is 30.1 Å². The fourth-order valence-corrected chi connectivity index (χ4v) is 2.76. The first kappa shape index (κ1) is 16.6. The van der Waals surface area contributed by atoms with E-state index >= 15 is 0 Å². The molecule has 2 atom stereocenters. The Labute approximate surface area is 135 Å². The van der Waals surface area contributed by atoms with Gasteiger partial charge in [-0.25, -0.2) is 0 Å². The van der Waals surface area contributed by atoms with Crippen LogP contribution in [-0.4, -0.2) is 41.9 Å². The van der Waals surface area contributed by atoms with E-state index in [-0.39, 0.29) is 30.3 Å². The number of nitrogens with one attached hydrogen (secondary N) is 1. The summed E-state index contributed by atoms with van der Waals surface area (Å²) < 4.78 is 5.62. The summed E-state index contributed by atoms with van der Waals surface area (Å²) in [5.74, 6) is 0.159. The number of halogens is 1. The van der Waals surface area contributed by atoms with Crippen molar-refractivity contribution in [2.24, 2.45) is 5.73 Å². The van der Waals surface area contributed by atoms with Crippen LogP contribution in [0.2, 0.25) is 0 Å². The molecule has 120 valence electrons. The maximum atomic E-state index is 12.7. The molecule has 1 saturated heterocycles. The van der Waals surface area contributed by atoms with Crippen LogP contribution in [0.3, 0.4) is 0 Å². The quantitative estimate of drug-likeness (QED) is 0.817. The predicted octanol–water partition coefficient (Wildman–Crippen LogP) is 1.39. The van der Waals surface area contributed by atoms with Crippen LogP contribution in [0.5, 0.6) is 5.75 Å². The van der Waals surface area contributed by atoms with E-state index in [1.165, 1.54) is 0 Å². The topological polar surface area (TPSA) is 84.7 Å². The van der Waals surface area contributed by atoms with Gasteiger partial charge in [-0.1, -0.05) is 6.07 Å². The number of piperidine rings is 1. The zero-order valence-corrected chi connectivity index (χ0v) is 13.2. The van der Waals surface area contributed by atoms with Gasteiger partial charge in [-0.05, 0) is 31.9 Å². The van der Waals surface area contributed by atoms with Crippen molar-refractivity contribution in [3.63, 3.8) is 0 Å². The number of rotatable bonds is 1. The number of benzene rings is 1. The van der Waals surface area contributed by atoms with Crippen LogP contribution in [0.25, 0.3) is 0 Å². The molecule has 0 radical (unpaired) electrons. The van der Waals surface area contributed by atoms with Crippen LogP contribution in [-0.2, 0) is 4.79 Å². The number of hydrogen-bond acceptors (Lipinski definition) is 4. The second kappa shape index (κ2) is 6.54. The van der Waals surface area contributed by atoms with Crippen LogP contribution in [0.15, 0.2) is 18.2 Å². The fraction of sp³-hybridized carbons (Fsp3) is 0.467. The summed E-state index contributed by atoms with van der Waals surface area (Å²) in [5, 5.41) is 2.76. The van der Waals surface area contributed by atoms with Gasteiger partial charge < -0.3 is 20.7 Å². The first-order valence-electron chi connectivity index (χ1n) is 7.21. The van der Waals surface area contributed by atoms with Crippen LogP contribution < -0.4 is 15.8 Å². The lowest BCUT2D eigenvalue weighted by Crippen LogP contribution is -2.46. The molecule has 0 aromatic heterocycles. The maximum Gasteiger partial charge on any atom is 0.265 e. The van der Waals surface area contributed by atoms with Crippen molar-refractivity contribution in [3.8, 4) is 5.75 Å². The number of fused-ring (bicyclic) bond motifs is 1. The third-order valence-electron chi connectivity index (χ3n) is 3.91. The first-order chi connectivity index (χ1) is 10.1. The van der Waals surface area contributed by atoms with Crippen molar-refractivity contribution in [1.82, 2.24) is 4.90 Å². The largest absolute Gasteiger partial charge is 0.478 e. The van der Waals surface area contributed by atoms with Gasteiger partial charge in [0.25, 0.3) is 11.8 Å². The number of para-hydroxylation sites is 1. The maximum absolute atomic E-state index is 12.7.